The van der Waals surface area contributed by atoms with E-state index in [1.54, 1.807) is 6.92 Å². The van der Waals surface area contributed by atoms with Gasteiger partial charge in [0, 0.05) is 12.8 Å². The fourth-order valence-electron chi connectivity index (χ4n) is 2.05. The fourth-order valence-corrected chi connectivity index (χ4v) is 2.05. The third-order valence-electron chi connectivity index (χ3n) is 3.60. The Hall–Kier alpha value is -1.50. The monoisotopic (exact) mass is 342 g/mol. The summed E-state index contributed by atoms with van der Waals surface area (Å²) >= 11 is 0. The third-order valence-corrected chi connectivity index (χ3v) is 3.60. The van der Waals surface area contributed by atoms with Gasteiger partial charge in [0.2, 0.25) is 0 Å². The molecule has 0 fully saturated rings. The van der Waals surface area contributed by atoms with Crippen molar-refractivity contribution >= 4 is 11.8 Å². The number of allylic oxidation sites excluding steroid dienone is 1. The lowest BCUT2D eigenvalue weighted by Gasteiger charge is -2.11. The Balaban J connectivity index is 3.86. The maximum absolute atomic E-state index is 11.1. The van der Waals surface area contributed by atoms with E-state index < -0.39 is 24.3 Å². The third kappa shape index (κ3) is 13.0. The lowest BCUT2D eigenvalue weighted by Crippen LogP contribution is -2.22. The Kier molecular flexibility index (Phi) is 13.0. The second kappa shape index (κ2) is 13.9. The molecule has 0 aromatic carbocycles. The molecule has 0 unspecified atom stereocenters. The van der Waals surface area contributed by atoms with E-state index in [2.05, 4.69) is 0 Å². The molecule has 0 aliphatic heterocycles. The molecule has 4 N–H and O–H groups in total. The van der Waals surface area contributed by atoms with E-state index in [-0.39, 0.29) is 12.2 Å². The van der Waals surface area contributed by atoms with Gasteiger partial charge >= 0.3 is 5.97 Å². The number of carboxylic acids is 1. The molecule has 3 atom stereocenters. The summed E-state index contributed by atoms with van der Waals surface area (Å²) in [4.78, 5) is 21.4. The minimum Gasteiger partial charge on any atom is -0.481 e. The van der Waals surface area contributed by atoms with E-state index >= 15 is 0 Å². The van der Waals surface area contributed by atoms with Gasteiger partial charge in [0.25, 0.3) is 0 Å². The molecule has 0 spiro atoms. The number of carboxylic acid groups (broad SMARTS) is 1. The first kappa shape index (κ1) is 22.5. The van der Waals surface area contributed by atoms with Crippen LogP contribution in [0.2, 0.25) is 0 Å². The minimum absolute atomic E-state index is 0.131. The number of rotatable bonds is 14. The van der Waals surface area contributed by atoms with E-state index in [9.17, 15) is 24.9 Å². The van der Waals surface area contributed by atoms with Crippen LogP contribution < -0.4 is 0 Å². The predicted octanol–water partition coefficient (Wildman–Crippen LogP) is 1.98. The summed E-state index contributed by atoms with van der Waals surface area (Å²) in [5.74, 6) is -0.904. The average molecular weight is 342 g/mol. The van der Waals surface area contributed by atoms with Gasteiger partial charge in [-0.15, -0.1) is 0 Å². The molecule has 0 saturated carbocycles. The summed E-state index contributed by atoms with van der Waals surface area (Å²) in [6.45, 7) is 1.71. The molecule has 0 aliphatic carbocycles. The number of carbonyl (C=O) groups excluding carboxylic acids is 1. The highest BCUT2D eigenvalue weighted by Crippen LogP contribution is 2.10. The van der Waals surface area contributed by atoms with Gasteiger partial charge in [-0.05, 0) is 25.0 Å². The van der Waals surface area contributed by atoms with Crippen molar-refractivity contribution in [3.63, 3.8) is 0 Å². The Morgan fingerprint density at radius 1 is 0.875 bits per heavy atom. The summed E-state index contributed by atoms with van der Waals surface area (Å²) in [6, 6.07) is 0. The lowest BCUT2D eigenvalue weighted by atomic mass is 10.1. The van der Waals surface area contributed by atoms with Crippen molar-refractivity contribution < 1.29 is 30.0 Å². The van der Waals surface area contributed by atoms with Gasteiger partial charge in [-0.1, -0.05) is 44.8 Å². The smallest absolute Gasteiger partial charge is 0.303 e. The number of ketones is 1. The molecular weight excluding hydrogens is 312 g/mol. The Morgan fingerprint density at radius 2 is 1.46 bits per heavy atom. The number of aliphatic hydroxyl groups is 3. The second-order valence-corrected chi connectivity index (χ2v) is 5.81. The summed E-state index contributed by atoms with van der Waals surface area (Å²) in [6.07, 6.45) is 7.46. The van der Waals surface area contributed by atoms with Crippen LogP contribution in [0.15, 0.2) is 24.3 Å². The van der Waals surface area contributed by atoms with Gasteiger partial charge in [0.15, 0.2) is 5.78 Å². The van der Waals surface area contributed by atoms with Crippen LogP contribution in [0.1, 0.15) is 58.3 Å². The van der Waals surface area contributed by atoms with Crippen LogP contribution in [0, 0.1) is 0 Å². The van der Waals surface area contributed by atoms with E-state index in [1.807, 2.05) is 0 Å². The zero-order valence-corrected chi connectivity index (χ0v) is 14.3. The average Bonchev–Trinajstić information content (AvgIpc) is 2.55. The maximum Gasteiger partial charge on any atom is 0.303 e. The first-order chi connectivity index (χ1) is 11.4. The van der Waals surface area contributed by atoms with Crippen LogP contribution >= 0.6 is 0 Å². The van der Waals surface area contributed by atoms with Crippen LogP contribution in [-0.4, -0.2) is 50.5 Å². The van der Waals surface area contributed by atoms with Crippen LogP contribution in [0.5, 0.6) is 0 Å². The summed E-state index contributed by atoms with van der Waals surface area (Å²) in [7, 11) is 0. The number of hydrogen-bond acceptors (Lipinski definition) is 5. The molecule has 6 heteroatoms. The molecule has 0 radical (unpaired) electrons. The van der Waals surface area contributed by atoms with Gasteiger partial charge in [0.1, 0.15) is 12.2 Å². The molecule has 0 aromatic heterocycles. The predicted molar refractivity (Wildman–Crippen MR) is 91.6 cm³/mol. The molecule has 24 heavy (non-hydrogen) atoms. The zero-order chi connectivity index (χ0) is 18.4. The summed E-state index contributed by atoms with van der Waals surface area (Å²) in [5, 5.41) is 37.6. The van der Waals surface area contributed by atoms with Gasteiger partial charge in [0.05, 0.1) is 6.10 Å². The van der Waals surface area contributed by atoms with Crippen molar-refractivity contribution in [3.8, 4) is 0 Å². The topological polar surface area (TPSA) is 115 Å². The van der Waals surface area contributed by atoms with E-state index in [1.165, 1.54) is 24.3 Å². The van der Waals surface area contributed by atoms with Crippen LogP contribution in [0.4, 0.5) is 0 Å². The van der Waals surface area contributed by atoms with Crippen molar-refractivity contribution in [3.05, 3.63) is 24.3 Å². The SMILES string of the molecule is CCC(=O)/C=C/[C@H](O)[C@@H](O)C=C[C@@H](O)CCCCCCCC(=O)O. The highest BCUT2D eigenvalue weighted by Gasteiger charge is 2.10. The molecule has 0 amide bonds. The first-order valence-electron chi connectivity index (χ1n) is 8.52. The fraction of sp³-hybridized carbons (Fsp3) is 0.667. The lowest BCUT2D eigenvalue weighted by molar-refractivity contribution is -0.137. The number of unbranched alkanes of at least 4 members (excludes halogenated alkanes) is 4. The van der Waals surface area contributed by atoms with Gasteiger partial charge in [-0.3, -0.25) is 9.59 Å². The number of aliphatic carboxylic acids is 1. The molecule has 0 heterocycles. The van der Waals surface area contributed by atoms with Crippen molar-refractivity contribution in [2.45, 2.75) is 76.6 Å². The normalized spacial score (nSPS) is 15.7. The molecule has 0 rings (SSSR count). The highest BCUT2D eigenvalue weighted by atomic mass is 16.4. The van der Waals surface area contributed by atoms with Gasteiger partial charge in [-0.25, -0.2) is 0 Å². The molecule has 0 aromatic rings. The molecule has 0 bridgehead atoms. The number of carbonyl (C=O) groups is 2. The van der Waals surface area contributed by atoms with Crippen LogP contribution in [0.25, 0.3) is 0 Å². The van der Waals surface area contributed by atoms with E-state index in [4.69, 9.17) is 5.11 Å². The Bertz CT molecular complexity index is 416. The maximum atomic E-state index is 11.1. The van der Waals surface area contributed by atoms with E-state index in [0.717, 1.165) is 25.7 Å². The van der Waals surface area contributed by atoms with Crippen molar-refractivity contribution in [2.24, 2.45) is 0 Å². The van der Waals surface area contributed by atoms with Gasteiger partial charge in [-0.2, -0.15) is 0 Å². The second-order valence-electron chi connectivity index (χ2n) is 5.81. The van der Waals surface area contributed by atoms with Gasteiger partial charge < -0.3 is 20.4 Å². The molecule has 0 aliphatic rings. The standard InChI is InChI=1S/C18H30O6/c1-2-14(19)10-12-16(21)17(22)13-11-15(20)8-6-4-3-5-7-9-18(23)24/h10-13,15-17,20-22H,2-9H2,1H3,(H,23,24)/b12-10+,13-11?/t15-,16-,17-/m0/s1. The molecular formula is C18H30O6. The molecule has 138 valence electrons. The largest absolute Gasteiger partial charge is 0.481 e. The molecule has 0 saturated heterocycles. The van der Waals surface area contributed by atoms with Crippen LogP contribution in [0.3, 0.4) is 0 Å². The van der Waals surface area contributed by atoms with Crippen molar-refractivity contribution in [1.29, 1.82) is 0 Å². The number of aliphatic hydroxyl groups excluding tert-OH is 3. The van der Waals surface area contributed by atoms with E-state index in [0.29, 0.717) is 19.3 Å². The minimum atomic E-state index is -1.18. The highest BCUT2D eigenvalue weighted by molar-refractivity contribution is 5.89. The zero-order valence-electron chi connectivity index (χ0n) is 14.3. The van der Waals surface area contributed by atoms with Crippen LogP contribution in [-0.2, 0) is 9.59 Å². The summed E-state index contributed by atoms with van der Waals surface area (Å²) < 4.78 is 0. The first-order valence-corrected chi connectivity index (χ1v) is 8.52. The Labute approximate surface area is 143 Å². The van der Waals surface area contributed by atoms with Crippen molar-refractivity contribution in [2.75, 3.05) is 0 Å². The quantitative estimate of drug-likeness (QED) is 0.218. The number of hydrogen-bond donors (Lipinski definition) is 4. The summed E-state index contributed by atoms with van der Waals surface area (Å²) in [5.41, 5.74) is 0. The van der Waals surface area contributed by atoms with Crippen molar-refractivity contribution in [1.82, 2.24) is 0 Å². The Morgan fingerprint density at radius 3 is 2.08 bits per heavy atom. The molecule has 6 nitrogen and oxygen atoms in total.